The highest BCUT2D eigenvalue weighted by Gasteiger charge is 2.34. The summed E-state index contributed by atoms with van der Waals surface area (Å²) in [7, 11) is 0. The summed E-state index contributed by atoms with van der Waals surface area (Å²) in [5, 5.41) is 6.50. The molecule has 1 aromatic heterocycles. The number of aryl methyl sites for hydroxylation is 1. The predicted molar refractivity (Wildman–Crippen MR) is 160 cm³/mol. The van der Waals surface area contributed by atoms with Gasteiger partial charge in [0.1, 0.15) is 5.00 Å². The Hall–Kier alpha value is -3.10. The summed E-state index contributed by atoms with van der Waals surface area (Å²) in [6, 6.07) is 14.9. The molecule has 1 aliphatic rings. The number of esters is 1. The van der Waals surface area contributed by atoms with Gasteiger partial charge in [0.2, 0.25) is 5.91 Å². The maximum Gasteiger partial charge on any atom is 0.341 e. The first-order valence-electron chi connectivity index (χ1n) is 13.3. The lowest BCUT2D eigenvalue weighted by Crippen LogP contribution is -2.26. The smallest absolute Gasteiger partial charge is 0.341 e. The number of anilines is 2. The first-order valence-corrected chi connectivity index (χ1v) is 15.1. The molecule has 0 saturated heterocycles. The molecule has 0 aliphatic heterocycles. The Balaban J connectivity index is 1.43. The Morgan fingerprint density at radius 3 is 2.56 bits per heavy atom. The second-order valence-corrected chi connectivity index (χ2v) is 13.1. The zero-order valence-electron chi connectivity index (χ0n) is 23.2. The van der Waals surface area contributed by atoms with Gasteiger partial charge in [-0.15, -0.1) is 23.1 Å². The van der Waals surface area contributed by atoms with Crippen molar-refractivity contribution in [2.45, 2.75) is 58.8 Å². The number of fused-ring (bicyclic) bond motifs is 1. The van der Waals surface area contributed by atoms with Gasteiger partial charge in [-0.05, 0) is 80.3 Å². The van der Waals surface area contributed by atoms with E-state index in [2.05, 4.69) is 31.4 Å². The molecule has 206 valence electrons. The van der Waals surface area contributed by atoms with Crippen molar-refractivity contribution in [3.8, 4) is 0 Å². The number of carbonyl (C=O) groups is 3. The van der Waals surface area contributed by atoms with Crippen LogP contribution in [0.3, 0.4) is 0 Å². The van der Waals surface area contributed by atoms with Crippen molar-refractivity contribution in [2.75, 3.05) is 23.0 Å². The number of rotatable bonds is 8. The van der Waals surface area contributed by atoms with Crippen LogP contribution in [0.5, 0.6) is 0 Å². The highest BCUT2D eigenvalue weighted by atomic mass is 32.2. The van der Waals surface area contributed by atoms with Gasteiger partial charge in [0.05, 0.1) is 17.9 Å². The Kier molecular flexibility index (Phi) is 9.18. The molecule has 0 fully saturated rings. The number of amides is 2. The Morgan fingerprint density at radius 1 is 1.08 bits per heavy atom. The van der Waals surface area contributed by atoms with Crippen LogP contribution >= 0.6 is 23.1 Å². The molecule has 1 aliphatic carbocycles. The summed E-state index contributed by atoms with van der Waals surface area (Å²) >= 11 is 2.88. The number of carbonyl (C=O) groups excluding carboxylic acids is 3. The van der Waals surface area contributed by atoms with Crippen LogP contribution in [0.15, 0.2) is 53.4 Å². The van der Waals surface area contributed by atoms with Crippen LogP contribution < -0.4 is 10.6 Å². The van der Waals surface area contributed by atoms with Crippen LogP contribution in [-0.2, 0) is 22.4 Å². The van der Waals surface area contributed by atoms with E-state index >= 15 is 0 Å². The minimum atomic E-state index is -0.371. The number of thioether (sulfide) groups is 1. The Bertz CT molecular complexity index is 1370. The van der Waals surface area contributed by atoms with Crippen LogP contribution in [0.25, 0.3) is 0 Å². The van der Waals surface area contributed by atoms with Gasteiger partial charge in [0.15, 0.2) is 0 Å². The number of hydrogen-bond acceptors (Lipinski definition) is 6. The van der Waals surface area contributed by atoms with E-state index in [1.807, 2.05) is 49.4 Å². The van der Waals surface area contributed by atoms with Gasteiger partial charge < -0.3 is 15.4 Å². The lowest BCUT2D eigenvalue weighted by atomic mass is 9.72. The van der Waals surface area contributed by atoms with Crippen molar-refractivity contribution in [1.29, 1.82) is 0 Å². The van der Waals surface area contributed by atoms with Gasteiger partial charge in [-0.3, -0.25) is 9.59 Å². The summed E-state index contributed by atoms with van der Waals surface area (Å²) in [5.41, 5.74) is 4.00. The van der Waals surface area contributed by atoms with Crippen molar-refractivity contribution in [2.24, 2.45) is 11.3 Å². The molecule has 0 bridgehead atoms. The van der Waals surface area contributed by atoms with Gasteiger partial charge in [-0.1, -0.05) is 44.5 Å². The SMILES string of the molecule is CCOC(=O)c1c(NC(=O)CSc2cccc(NC(=O)c3cccc(C)c3)c2)sc2c1CCC(C(C)(C)C)C2. The van der Waals surface area contributed by atoms with E-state index in [0.29, 0.717) is 27.7 Å². The lowest BCUT2D eigenvalue weighted by molar-refractivity contribution is -0.113. The maximum absolute atomic E-state index is 13.0. The highest BCUT2D eigenvalue weighted by molar-refractivity contribution is 8.00. The molecule has 8 heteroatoms. The van der Waals surface area contributed by atoms with Crippen LogP contribution in [0, 0.1) is 18.3 Å². The fraction of sp³-hybridized carbons (Fsp3) is 0.387. The summed E-state index contributed by atoms with van der Waals surface area (Å²) < 4.78 is 5.36. The van der Waals surface area contributed by atoms with E-state index in [-0.39, 0.29) is 35.6 Å². The molecule has 6 nitrogen and oxygen atoms in total. The van der Waals surface area contributed by atoms with Crippen molar-refractivity contribution >= 4 is 51.6 Å². The molecule has 1 atom stereocenters. The number of benzene rings is 2. The summed E-state index contributed by atoms with van der Waals surface area (Å²) in [5.74, 6) is -0.0445. The van der Waals surface area contributed by atoms with Crippen molar-refractivity contribution in [3.05, 3.63) is 75.7 Å². The van der Waals surface area contributed by atoms with Gasteiger partial charge in [-0.2, -0.15) is 0 Å². The van der Waals surface area contributed by atoms with E-state index in [4.69, 9.17) is 4.74 Å². The first-order chi connectivity index (χ1) is 18.5. The standard InChI is InChI=1S/C31H36N2O4S2/c1-6-37-30(36)27-24-14-13-21(31(3,4)5)16-25(24)39-29(27)33-26(34)18-38-23-12-8-11-22(17-23)32-28(35)20-10-7-9-19(2)15-20/h7-12,15,17,21H,6,13-14,16,18H2,1-5H3,(H,32,35)(H,33,34). The second kappa shape index (κ2) is 12.4. The van der Waals surface area contributed by atoms with Crippen molar-refractivity contribution < 1.29 is 19.1 Å². The molecule has 1 unspecified atom stereocenters. The van der Waals surface area contributed by atoms with Crippen molar-refractivity contribution in [1.82, 2.24) is 0 Å². The van der Waals surface area contributed by atoms with E-state index in [1.54, 1.807) is 13.0 Å². The van der Waals surface area contributed by atoms with Crippen LogP contribution in [0.1, 0.15) is 70.8 Å². The topological polar surface area (TPSA) is 84.5 Å². The molecule has 39 heavy (non-hydrogen) atoms. The summed E-state index contributed by atoms with van der Waals surface area (Å²) in [6.07, 6.45) is 2.73. The minimum absolute atomic E-state index is 0.171. The molecule has 2 N–H and O–H groups in total. The van der Waals surface area contributed by atoms with Crippen LogP contribution in [0.4, 0.5) is 10.7 Å². The number of hydrogen-bond donors (Lipinski definition) is 2. The summed E-state index contributed by atoms with van der Waals surface area (Å²) in [6.45, 7) is 10.8. The Morgan fingerprint density at radius 2 is 1.85 bits per heavy atom. The van der Waals surface area contributed by atoms with Crippen molar-refractivity contribution in [3.63, 3.8) is 0 Å². The molecule has 0 saturated carbocycles. The number of nitrogens with one attached hydrogen (secondary N) is 2. The quantitative estimate of drug-likeness (QED) is 0.220. The van der Waals surface area contributed by atoms with Gasteiger partial charge in [0, 0.05) is 21.0 Å². The zero-order valence-corrected chi connectivity index (χ0v) is 24.8. The average molecular weight is 565 g/mol. The zero-order chi connectivity index (χ0) is 28.2. The number of thiophene rings is 1. The lowest BCUT2D eigenvalue weighted by Gasteiger charge is -2.33. The normalized spacial score (nSPS) is 14.8. The maximum atomic E-state index is 13.0. The average Bonchev–Trinajstić information content (AvgIpc) is 3.24. The molecule has 0 radical (unpaired) electrons. The van der Waals surface area contributed by atoms with E-state index in [9.17, 15) is 14.4 Å². The van der Waals surface area contributed by atoms with Gasteiger partial charge in [0.25, 0.3) is 5.91 Å². The van der Waals surface area contributed by atoms with E-state index in [1.165, 1.54) is 28.0 Å². The Labute approximate surface area is 238 Å². The van der Waals surface area contributed by atoms with Gasteiger partial charge >= 0.3 is 5.97 Å². The van der Waals surface area contributed by atoms with Crippen LogP contribution in [0.2, 0.25) is 0 Å². The molecule has 2 amide bonds. The third-order valence-corrected chi connectivity index (χ3v) is 9.13. The molecule has 2 aromatic carbocycles. The molecular weight excluding hydrogens is 528 g/mol. The van der Waals surface area contributed by atoms with E-state index in [0.717, 1.165) is 35.3 Å². The van der Waals surface area contributed by atoms with Crippen LogP contribution in [-0.4, -0.2) is 30.1 Å². The monoisotopic (exact) mass is 564 g/mol. The first kappa shape index (κ1) is 28.9. The minimum Gasteiger partial charge on any atom is -0.462 e. The third-order valence-electron chi connectivity index (χ3n) is 6.96. The molecule has 0 spiro atoms. The summed E-state index contributed by atoms with van der Waals surface area (Å²) in [4.78, 5) is 40.5. The predicted octanol–water partition coefficient (Wildman–Crippen LogP) is 7.37. The van der Waals surface area contributed by atoms with E-state index < -0.39 is 0 Å². The second-order valence-electron chi connectivity index (χ2n) is 10.9. The molecular formula is C31H36N2O4S2. The molecule has 3 aromatic rings. The molecule has 1 heterocycles. The third kappa shape index (κ3) is 7.31. The fourth-order valence-electron chi connectivity index (χ4n) is 4.80. The fourth-order valence-corrected chi connectivity index (χ4v) is 6.88. The van der Waals surface area contributed by atoms with Gasteiger partial charge in [-0.25, -0.2) is 4.79 Å². The highest BCUT2D eigenvalue weighted by Crippen LogP contribution is 2.44. The number of ether oxygens (including phenoxy) is 1. The largest absolute Gasteiger partial charge is 0.462 e. The molecule has 4 rings (SSSR count).